The molecule has 1 aromatic carbocycles. The van der Waals surface area contributed by atoms with E-state index < -0.39 is 26.5 Å². The predicted octanol–water partition coefficient (Wildman–Crippen LogP) is 0.936. The maximum atomic E-state index is 13.4. The minimum absolute atomic E-state index is 0.320. The number of halogens is 1. The van der Waals surface area contributed by atoms with E-state index in [0.717, 1.165) is 19.4 Å². The van der Waals surface area contributed by atoms with Crippen molar-refractivity contribution in [2.24, 2.45) is 0 Å². The van der Waals surface area contributed by atoms with Crippen LogP contribution in [0.25, 0.3) is 0 Å². The van der Waals surface area contributed by atoms with Crippen molar-refractivity contribution in [2.45, 2.75) is 4.90 Å². The van der Waals surface area contributed by atoms with Gasteiger partial charge in [-0.25, -0.2) is 17.6 Å². The highest BCUT2D eigenvalue weighted by Gasteiger charge is 2.22. The van der Waals surface area contributed by atoms with Crippen LogP contribution in [0.4, 0.5) is 4.39 Å². The molecule has 1 aromatic rings. The largest absolute Gasteiger partial charge is 0.495 e. The summed E-state index contributed by atoms with van der Waals surface area (Å²) in [6, 6.07) is 1.60. The van der Waals surface area contributed by atoms with Crippen LogP contribution in [0.1, 0.15) is 10.4 Å². The molecule has 0 heterocycles. The van der Waals surface area contributed by atoms with Crippen molar-refractivity contribution in [1.82, 2.24) is 0 Å². The molecule has 7 heteroatoms. The first kappa shape index (κ1) is 12.4. The predicted molar refractivity (Wildman–Crippen MR) is 53.0 cm³/mol. The third-order valence-corrected chi connectivity index (χ3v) is 2.98. The standard InChI is InChI=1S/C9H9FO5S/c1-15-7-4-5(9(11)12)3-6(10)8(7)16(2,13)14/h3-4H,1-2H3,(H,11,12). The summed E-state index contributed by atoms with van der Waals surface area (Å²) >= 11 is 0. The number of aromatic carboxylic acids is 1. The van der Waals surface area contributed by atoms with Crippen molar-refractivity contribution in [3.05, 3.63) is 23.5 Å². The lowest BCUT2D eigenvalue weighted by Crippen LogP contribution is -2.07. The van der Waals surface area contributed by atoms with Gasteiger partial charge in [0, 0.05) is 6.26 Å². The van der Waals surface area contributed by atoms with Crippen molar-refractivity contribution in [2.75, 3.05) is 13.4 Å². The Kier molecular flexibility index (Phi) is 3.18. The summed E-state index contributed by atoms with van der Waals surface area (Å²) in [5.41, 5.74) is -0.373. The van der Waals surface area contributed by atoms with Crippen molar-refractivity contribution in [3.63, 3.8) is 0 Å². The van der Waals surface area contributed by atoms with Crippen LogP contribution in [-0.4, -0.2) is 32.9 Å². The fraction of sp³-hybridized carbons (Fsp3) is 0.222. The summed E-state index contributed by atoms with van der Waals surface area (Å²) in [6.07, 6.45) is 0.814. The number of benzene rings is 1. The molecule has 0 fully saturated rings. The number of hydrogen-bond acceptors (Lipinski definition) is 4. The average molecular weight is 248 g/mol. The second-order valence-corrected chi connectivity index (χ2v) is 5.02. The molecule has 0 aliphatic rings. The number of hydrogen-bond donors (Lipinski definition) is 1. The second kappa shape index (κ2) is 4.09. The molecule has 16 heavy (non-hydrogen) atoms. The van der Waals surface area contributed by atoms with Gasteiger partial charge in [0.2, 0.25) is 0 Å². The lowest BCUT2D eigenvalue weighted by atomic mass is 10.2. The molecule has 1 rings (SSSR count). The Morgan fingerprint density at radius 2 is 2.00 bits per heavy atom. The van der Waals surface area contributed by atoms with E-state index in [9.17, 15) is 17.6 Å². The van der Waals surface area contributed by atoms with Gasteiger partial charge in [-0.3, -0.25) is 0 Å². The number of rotatable bonds is 3. The van der Waals surface area contributed by atoms with E-state index in [0.29, 0.717) is 6.07 Å². The van der Waals surface area contributed by atoms with Crippen molar-refractivity contribution < 1.29 is 27.4 Å². The van der Waals surface area contributed by atoms with Gasteiger partial charge < -0.3 is 9.84 Å². The first-order chi connectivity index (χ1) is 7.27. The summed E-state index contributed by atoms with van der Waals surface area (Å²) in [5, 5.41) is 8.65. The van der Waals surface area contributed by atoms with Crippen LogP contribution in [0.3, 0.4) is 0 Å². The van der Waals surface area contributed by atoms with E-state index in [-0.39, 0.29) is 11.3 Å². The zero-order chi connectivity index (χ0) is 12.5. The van der Waals surface area contributed by atoms with Gasteiger partial charge >= 0.3 is 5.97 Å². The number of carboxylic acid groups (broad SMARTS) is 1. The average Bonchev–Trinajstić information content (AvgIpc) is 2.14. The molecule has 0 aromatic heterocycles. The topological polar surface area (TPSA) is 80.7 Å². The van der Waals surface area contributed by atoms with E-state index in [1.165, 1.54) is 0 Å². The number of carboxylic acids is 1. The summed E-state index contributed by atoms with van der Waals surface area (Å²) in [7, 11) is -2.68. The Bertz CT molecular complexity index is 535. The number of sulfone groups is 1. The van der Waals surface area contributed by atoms with Crippen molar-refractivity contribution >= 4 is 15.8 Å². The van der Waals surface area contributed by atoms with Crippen LogP contribution in [0, 0.1) is 5.82 Å². The normalized spacial score (nSPS) is 11.2. The van der Waals surface area contributed by atoms with E-state index in [4.69, 9.17) is 5.11 Å². The SMILES string of the molecule is COc1cc(C(=O)O)cc(F)c1S(C)(=O)=O. The zero-order valence-electron chi connectivity index (χ0n) is 8.52. The van der Waals surface area contributed by atoms with Crippen LogP contribution in [0.5, 0.6) is 5.75 Å². The van der Waals surface area contributed by atoms with Gasteiger partial charge in [-0.2, -0.15) is 0 Å². The maximum absolute atomic E-state index is 13.4. The fourth-order valence-corrected chi connectivity index (χ4v) is 2.12. The third-order valence-electron chi connectivity index (χ3n) is 1.85. The molecule has 0 aliphatic heterocycles. The second-order valence-electron chi connectivity index (χ2n) is 3.07. The van der Waals surface area contributed by atoms with E-state index >= 15 is 0 Å². The Morgan fingerprint density at radius 1 is 1.44 bits per heavy atom. The molecule has 88 valence electrons. The van der Waals surface area contributed by atoms with Crippen LogP contribution < -0.4 is 4.74 Å². The molecule has 0 saturated heterocycles. The highest BCUT2D eigenvalue weighted by molar-refractivity contribution is 7.90. The Balaban J connectivity index is 3.59. The molecule has 0 radical (unpaired) electrons. The number of methoxy groups -OCH3 is 1. The molecule has 0 amide bonds. The fourth-order valence-electron chi connectivity index (χ4n) is 1.20. The van der Waals surface area contributed by atoms with E-state index in [1.54, 1.807) is 0 Å². The van der Waals surface area contributed by atoms with E-state index in [1.807, 2.05) is 0 Å². The van der Waals surface area contributed by atoms with Crippen molar-refractivity contribution in [1.29, 1.82) is 0 Å². The summed E-state index contributed by atoms with van der Waals surface area (Å²) in [5.74, 6) is -2.82. The molecule has 0 aliphatic carbocycles. The minimum atomic E-state index is -3.81. The molecule has 1 N–H and O–H groups in total. The summed E-state index contributed by atoms with van der Waals surface area (Å²) < 4.78 is 40.6. The van der Waals surface area contributed by atoms with Gasteiger partial charge in [0.15, 0.2) is 9.84 Å². The molecule has 0 unspecified atom stereocenters. The van der Waals surface area contributed by atoms with Gasteiger partial charge in [-0.05, 0) is 12.1 Å². The molecule has 0 saturated carbocycles. The summed E-state index contributed by atoms with van der Waals surface area (Å²) in [6.45, 7) is 0. The van der Waals surface area contributed by atoms with Crippen LogP contribution in [0.2, 0.25) is 0 Å². The van der Waals surface area contributed by atoms with Gasteiger partial charge in [-0.15, -0.1) is 0 Å². The van der Waals surface area contributed by atoms with Gasteiger partial charge in [0.1, 0.15) is 16.5 Å². The van der Waals surface area contributed by atoms with Gasteiger partial charge in [0.25, 0.3) is 0 Å². The Hall–Kier alpha value is -1.63. The smallest absolute Gasteiger partial charge is 0.335 e. The highest BCUT2D eigenvalue weighted by atomic mass is 32.2. The number of ether oxygens (including phenoxy) is 1. The first-order valence-electron chi connectivity index (χ1n) is 4.08. The molecule has 0 spiro atoms. The Labute approximate surface area is 91.4 Å². The monoisotopic (exact) mass is 248 g/mol. The lowest BCUT2D eigenvalue weighted by molar-refractivity contribution is 0.0695. The first-order valence-corrected chi connectivity index (χ1v) is 5.97. The molecular weight excluding hydrogens is 239 g/mol. The third kappa shape index (κ3) is 2.30. The molecule has 5 nitrogen and oxygen atoms in total. The van der Waals surface area contributed by atoms with E-state index in [2.05, 4.69) is 4.74 Å². The lowest BCUT2D eigenvalue weighted by Gasteiger charge is -2.08. The quantitative estimate of drug-likeness (QED) is 0.860. The molecule has 0 bridgehead atoms. The zero-order valence-corrected chi connectivity index (χ0v) is 9.34. The minimum Gasteiger partial charge on any atom is -0.495 e. The maximum Gasteiger partial charge on any atom is 0.335 e. The van der Waals surface area contributed by atoms with Gasteiger partial charge in [0.05, 0.1) is 12.7 Å². The van der Waals surface area contributed by atoms with Crippen LogP contribution in [0.15, 0.2) is 17.0 Å². The Morgan fingerprint density at radius 3 is 2.38 bits per heavy atom. The van der Waals surface area contributed by atoms with Gasteiger partial charge in [-0.1, -0.05) is 0 Å². The van der Waals surface area contributed by atoms with Crippen LogP contribution in [-0.2, 0) is 9.84 Å². The number of carbonyl (C=O) groups is 1. The van der Waals surface area contributed by atoms with Crippen molar-refractivity contribution in [3.8, 4) is 5.75 Å². The van der Waals surface area contributed by atoms with Crippen LogP contribution >= 0.6 is 0 Å². The molecular formula is C9H9FO5S. The highest BCUT2D eigenvalue weighted by Crippen LogP contribution is 2.28. The summed E-state index contributed by atoms with van der Waals surface area (Å²) in [4.78, 5) is 9.97. The molecule has 0 atom stereocenters.